The SMILES string of the molecule is O=C(O)c1cccc(CN[C@@H]2C[C@H]2c2ccc(F)c(F)c2)c1. The first-order chi connectivity index (χ1) is 10.5. The van der Waals surface area contributed by atoms with Crippen LogP contribution in [-0.4, -0.2) is 17.1 Å². The van der Waals surface area contributed by atoms with Gasteiger partial charge in [-0.25, -0.2) is 13.6 Å². The van der Waals surface area contributed by atoms with E-state index in [0.29, 0.717) is 6.54 Å². The number of halogens is 2. The number of carboxylic acid groups (broad SMARTS) is 1. The first kappa shape index (κ1) is 14.7. The van der Waals surface area contributed by atoms with Crippen molar-refractivity contribution in [3.63, 3.8) is 0 Å². The number of rotatable bonds is 5. The van der Waals surface area contributed by atoms with Gasteiger partial charge in [-0.2, -0.15) is 0 Å². The Bertz CT molecular complexity index is 718. The smallest absolute Gasteiger partial charge is 0.335 e. The Morgan fingerprint density at radius 2 is 2.00 bits per heavy atom. The fraction of sp³-hybridized carbons (Fsp3) is 0.235. The van der Waals surface area contributed by atoms with E-state index >= 15 is 0 Å². The maximum Gasteiger partial charge on any atom is 0.335 e. The van der Waals surface area contributed by atoms with Crippen molar-refractivity contribution in [2.75, 3.05) is 0 Å². The molecule has 0 aromatic heterocycles. The molecule has 0 unspecified atom stereocenters. The van der Waals surface area contributed by atoms with Crippen molar-refractivity contribution in [2.24, 2.45) is 0 Å². The van der Waals surface area contributed by atoms with Gasteiger partial charge in [0.1, 0.15) is 0 Å². The average Bonchev–Trinajstić information content (AvgIpc) is 3.28. The second-order valence-corrected chi connectivity index (χ2v) is 5.51. The van der Waals surface area contributed by atoms with E-state index in [-0.39, 0.29) is 17.5 Å². The number of carbonyl (C=O) groups is 1. The summed E-state index contributed by atoms with van der Waals surface area (Å²) in [7, 11) is 0. The van der Waals surface area contributed by atoms with E-state index in [1.807, 2.05) is 6.07 Å². The van der Waals surface area contributed by atoms with Crippen LogP contribution >= 0.6 is 0 Å². The summed E-state index contributed by atoms with van der Waals surface area (Å²) in [6.45, 7) is 0.548. The van der Waals surface area contributed by atoms with Gasteiger partial charge in [0.15, 0.2) is 11.6 Å². The molecule has 2 N–H and O–H groups in total. The third kappa shape index (κ3) is 3.14. The van der Waals surface area contributed by atoms with Gasteiger partial charge in [0.25, 0.3) is 0 Å². The van der Waals surface area contributed by atoms with E-state index in [0.717, 1.165) is 23.6 Å². The van der Waals surface area contributed by atoms with Crippen LogP contribution in [0.2, 0.25) is 0 Å². The number of benzene rings is 2. The Morgan fingerprint density at radius 1 is 1.18 bits per heavy atom. The van der Waals surface area contributed by atoms with Crippen LogP contribution in [0.15, 0.2) is 42.5 Å². The zero-order chi connectivity index (χ0) is 15.7. The van der Waals surface area contributed by atoms with Gasteiger partial charge in [0.2, 0.25) is 0 Å². The molecule has 0 amide bonds. The lowest BCUT2D eigenvalue weighted by Gasteiger charge is -2.06. The molecule has 0 aliphatic heterocycles. The molecule has 5 heteroatoms. The minimum Gasteiger partial charge on any atom is -0.478 e. The molecule has 2 atom stereocenters. The van der Waals surface area contributed by atoms with Gasteiger partial charge >= 0.3 is 5.97 Å². The van der Waals surface area contributed by atoms with Gasteiger partial charge in [0.05, 0.1) is 5.56 Å². The molecular formula is C17H15F2NO2. The van der Waals surface area contributed by atoms with Crippen LogP contribution in [0.5, 0.6) is 0 Å². The van der Waals surface area contributed by atoms with Gasteiger partial charge in [-0.05, 0) is 41.8 Å². The first-order valence-corrected chi connectivity index (χ1v) is 7.05. The number of hydrogen-bond donors (Lipinski definition) is 2. The zero-order valence-electron chi connectivity index (χ0n) is 11.7. The van der Waals surface area contributed by atoms with E-state index in [1.165, 1.54) is 6.07 Å². The summed E-state index contributed by atoms with van der Waals surface area (Å²) in [6.07, 6.45) is 0.865. The van der Waals surface area contributed by atoms with E-state index in [4.69, 9.17) is 5.11 Å². The van der Waals surface area contributed by atoms with Gasteiger partial charge < -0.3 is 10.4 Å². The van der Waals surface area contributed by atoms with Crippen molar-refractivity contribution in [2.45, 2.75) is 24.9 Å². The van der Waals surface area contributed by atoms with Gasteiger partial charge in [-0.15, -0.1) is 0 Å². The number of hydrogen-bond acceptors (Lipinski definition) is 2. The summed E-state index contributed by atoms with van der Waals surface area (Å²) in [5.41, 5.74) is 1.93. The molecule has 1 aliphatic carbocycles. The fourth-order valence-corrected chi connectivity index (χ4v) is 2.60. The molecule has 22 heavy (non-hydrogen) atoms. The highest BCUT2D eigenvalue weighted by Crippen LogP contribution is 2.41. The molecule has 1 fully saturated rings. The van der Waals surface area contributed by atoms with Crippen molar-refractivity contribution in [1.82, 2.24) is 5.32 Å². The molecule has 1 aliphatic rings. The zero-order valence-corrected chi connectivity index (χ0v) is 11.7. The quantitative estimate of drug-likeness (QED) is 0.891. The molecule has 0 bridgehead atoms. The fourth-order valence-electron chi connectivity index (χ4n) is 2.60. The van der Waals surface area contributed by atoms with E-state index < -0.39 is 17.6 Å². The molecule has 0 heterocycles. The van der Waals surface area contributed by atoms with Crippen LogP contribution < -0.4 is 5.32 Å². The molecule has 1 saturated carbocycles. The van der Waals surface area contributed by atoms with Crippen LogP contribution in [0.3, 0.4) is 0 Å². The van der Waals surface area contributed by atoms with E-state index in [9.17, 15) is 13.6 Å². The molecule has 3 nitrogen and oxygen atoms in total. The highest BCUT2D eigenvalue weighted by atomic mass is 19.2. The summed E-state index contributed by atoms with van der Waals surface area (Å²) < 4.78 is 26.1. The maximum atomic E-state index is 13.2. The molecule has 2 aromatic carbocycles. The molecule has 114 valence electrons. The Labute approximate surface area is 126 Å². The Kier molecular flexibility index (Phi) is 3.90. The predicted molar refractivity (Wildman–Crippen MR) is 77.7 cm³/mol. The maximum absolute atomic E-state index is 13.2. The second-order valence-electron chi connectivity index (χ2n) is 5.51. The first-order valence-electron chi connectivity index (χ1n) is 7.05. The van der Waals surface area contributed by atoms with Crippen molar-refractivity contribution in [3.8, 4) is 0 Å². The van der Waals surface area contributed by atoms with Gasteiger partial charge in [-0.1, -0.05) is 18.2 Å². The second kappa shape index (κ2) is 5.85. The summed E-state index contributed by atoms with van der Waals surface area (Å²) in [5, 5.41) is 12.3. The average molecular weight is 303 g/mol. The van der Waals surface area contributed by atoms with Crippen molar-refractivity contribution < 1.29 is 18.7 Å². The number of aromatic carboxylic acids is 1. The number of carboxylic acids is 1. The molecule has 0 radical (unpaired) electrons. The minimum atomic E-state index is -0.951. The molecule has 2 aromatic rings. The Hall–Kier alpha value is -2.27. The van der Waals surface area contributed by atoms with E-state index in [2.05, 4.69) is 5.32 Å². The summed E-state index contributed by atoms with van der Waals surface area (Å²) >= 11 is 0. The van der Waals surface area contributed by atoms with Crippen LogP contribution in [0.1, 0.15) is 33.8 Å². The predicted octanol–water partition coefficient (Wildman–Crippen LogP) is 3.31. The van der Waals surface area contributed by atoms with Crippen LogP contribution in [0, 0.1) is 11.6 Å². The van der Waals surface area contributed by atoms with Crippen molar-refractivity contribution in [1.29, 1.82) is 0 Å². The lowest BCUT2D eigenvalue weighted by Crippen LogP contribution is -2.17. The summed E-state index contributed by atoms with van der Waals surface area (Å²) in [5.74, 6) is -2.43. The Morgan fingerprint density at radius 3 is 2.73 bits per heavy atom. The molecule has 0 spiro atoms. The van der Waals surface area contributed by atoms with Gasteiger partial charge in [0, 0.05) is 18.5 Å². The lowest BCUT2D eigenvalue weighted by atomic mass is 10.1. The number of nitrogens with one attached hydrogen (secondary N) is 1. The molecular weight excluding hydrogens is 288 g/mol. The lowest BCUT2D eigenvalue weighted by molar-refractivity contribution is 0.0696. The summed E-state index contributed by atoms with van der Waals surface area (Å²) in [4.78, 5) is 10.9. The largest absolute Gasteiger partial charge is 0.478 e. The molecule has 0 saturated heterocycles. The summed E-state index contributed by atoms with van der Waals surface area (Å²) in [6, 6.07) is 10.9. The Balaban J connectivity index is 1.59. The van der Waals surface area contributed by atoms with Crippen molar-refractivity contribution in [3.05, 3.63) is 70.8 Å². The third-order valence-corrected chi connectivity index (χ3v) is 3.90. The van der Waals surface area contributed by atoms with E-state index in [1.54, 1.807) is 24.3 Å². The van der Waals surface area contributed by atoms with Crippen LogP contribution in [-0.2, 0) is 6.54 Å². The minimum absolute atomic E-state index is 0.178. The molecule has 3 rings (SSSR count). The van der Waals surface area contributed by atoms with Gasteiger partial charge in [-0.3, -0.25) is 0 Å². The van der Waals surface area contributed by atoms with Crippen molar-refractivity contribution >= 4 is 5.97 Å². The standard InChI is InChI=1S/C17H15F2NO2/c18-14-5-4-11(7-15(14)19)13-8-16(13)20-9-10-2-1-3-12(6-10)17(21)22/h1-7,13,16,20H,8-9H2,(H,21,22)/t13-,16+/m0/s1. The highest BCUT2D eigenvalue weighted by molar-refractivity contribution is 5.87. The third-order valence-electron chi connectivity index (χ3n) is 3.90. The van der Waals surface area contributed by atoms with Crippen LogP contribution in [0.25, 0.3) is 0 Å². The normalized spacial score (nSPS) is 19.9. The highest BCUT2D eigenvalue weighted by Gasteiger charge is 2.38. The monoisotopic (exact) mass is 303 g/mol. The topological polar surface area (TPSA) is 49.3 Å². The van der Waals surface area contributed by atoms with Crippen LogP contribution in [0.4, 0.5) is 8.78 Å².